The van der Waals surface area contributed by atoms with Crippen molar-refractivity contribution in [2.45, 2.75) is 6.54 Å². The van der Waals surface area contributed by atoms with E-state index in [0.29, 0.717) is 6.61 Å². The van der Waals surface area contributed by atoms with Crippen LogP contribution in [0.3, 0.4) is 0 Å². The lowest BCUT2D eigenvalue weighted by atomic mass is 10.2. The summed E-state index contributed by atoms with van der Waals surface area (Å²) in [6.07, 6.45) is 1.74. The van der Waals surface area contributed by atoms with E-state index in [9.17, 15) is 0 Å². The van der Waals surface area contributed by atoms with Crippen molar-refractivity contribution in [3.05, 3.63) is 42.5 Å². The van der Waals surface area contributed by atoms with Gasteiger partial charge in [-0.05, 0) is 17.7 Å². The number of benzene rings is 1. The van der Waals surface area contributed by atoms with Crippen LogP contribution in [0.1, 0.15) is 5.56 Å². The first-order valence-electron chi connectivity index (χ1n) is 5.39. The molecule has 0 radical (unpaired) electrons. The van der Waals surface area contributed by atoms with E-state index in [4.69, 9.17) is 9.47 Å². The fourth-order valence-electron chi connectivity index (χ4n) is 1.27. The van der Waals surface area contributed by atoms with E-state index < -0.39 is 0 Å². The highest BCUT2D eigenvalue weighted by Gasteiger charge is 1.94. The molecule has 1 N–H and O–H groups in total. The maximum atomic E-state index is 5.39. The van der Waals surface area contributed by atoms with Crippen LogP contribution in [0.15, 0.2) is 36.9 Å². The molecule has 4 heteroatoms. The van der Waals surface area contributed by atoms with Gasteiger partial charge < -0.3 is 14.8 Å². The smallest absolute Gasteiger partial charge is 0.119 e. The quantitative estimate of drug-likeness (QED) is 0.573. The van der Waals surface area contributed by atoms with Gasteiger partial charge in [-0.3, -0.25) is 0 Å². The van der Waals surface area contributed by atoms with Gasteiger partial charge >= 0.3 is 0 Å². The first-order valence-corrected chi connectivity index (χ1v) is 5.39. The van der Waals surface area contributed by atoms with Crippen molar-refractivity contribution in [3.63, 3.8) is 0 Å². The molecule has 1 aromatic carbocycles. The van der Waals surface area contributed by atoms with Gasteiger partial charge in [0, 0.05) is 20.2 Å². The van der Waals surface area contributed by atoms with Crippen molar-refractivity contribution < 1.29 is 9.47 Å². The molecular weight excluding hydrogens is 238 g/mol. The van der Waals surface area contributed by atoms with E-state index in [1.165, 1.54) is 5.56 Å². The third-order valence-corrected chi connectivity index (χ3v) is 2.10. The maximum Gasteiger partial charge on any atom is 0.119 e. The van der Waals surface area contributed by atoms with Gasteiger partial charge in [-0.15, -0.1) is 12.4 Å². The Morgan fingerprint density at radius 1 is 1.29 bits per heavy atom. The van der Waals surface area contributed by atoms with E-state index in [0.717, 1.165) is 25.4 Å². The molecular formula is C13H20ClNO2. The Balaban J connectivity index is 0.00000256. The zero-order valence-corrected chi connectivity index (χ0v) is 11.0. The topological polar surface area (TPSA) is 30.5 Å². The van der Waals surface area contributed by atoms with Crippen molar-refractivity contribution in [3.8, 4) is 5.75 Å². The standard InChI is InChI=1S/C13H19NO2.ClH/c1-3-9-16-13-6-4-12(5-7-13)11-14-8-10-15-2;/h3-7,14H,1,8-11H2,2H3;1H. The summed E-state index contributed by atoms with van der Waals surface area (Å²) in [5.41, 5.74) is 1.24. The average molecular weight is 258 g/mol. The summed E-state index contributed by atoms with van der Waals surface area (Å²) < 4.78 is 10.3. The Morgan fingerprint density at radius 3 is 2.59 bits per heavy atom. The van der Waals surface area contributed by atoms with Gasteiger partial charge in [-0.1, -0.05) is 24.8 Å². The van der Waals surface area contributed by atoms with E-state index >= 15 is 0 Å². The van der Waals surface area contributed by atoms with Crippen LogP contribution in [0.2, 0.25) is 0 Å². The lowest BCUT2D eigenvalue weighted by Gasteiger charge is -2.06. The molecule has 0 spiro atoms. The summed E-state index contributed by atoms with van der Waals surface area (Å²) >= 11 is 0. The zero-order chi connectivity index (χ0) is 11.6. The molecule has 1 rings (SSSR count). The fraction of sp³-hybridized carbons (Fsp3) is 0.385. The fourth-order valence-corrected chi connectivity index (χ4v) is 1.27. The van der Waals surface area contributed by atoms with Crippen LogP contribution in [0, 0.1) is 0 Å². The molecule has 0 aromatic heterocycles. The van der Waals surface area contributed by atoms with Crippen LogP contribution < -0.4 is 10.1 Å². The van der Waals surface area contributed by atoms with Crippen molar-refractivity contribution in [1.29, 1.82) is 0 Å². The normalized spacial score (nSPS) is 9.47. The SMILES string of the molecule is C=CCOc1ccc(CNCCOC)cc1.Cl. The van der Waals surface area contributed by atoms with Crippen molar-refractivity contribution in [1.82, 2.24) is 5.32 Å². The number of methoxy groups -OCH3 is 1. The molecule has 0 saturated carbocycles. The minimum atomic E-state index is 0. The Morgan fingerprint density at radius 2 is 2.00 bits per heavy atom. The Labute approximate surface area is 109 Å². The van der Waals surface area contributed by atoms with Gasteiger partial charge in [0.05, 0.1) is 6.61 Å². The highest BCUT2D eigenvalue weighted by molar-refractivity contribution is 5.85. The second-order valence-electron chi connectivity index (χ2n) is 3.41. The molecule has 0 unspecified atom stereocenters. The largest absolute Gasteiger partial charge is 0.490 e. The lowest BCUT2D eigenvalue weighted by Crippen LogP contribution is -2.18. The van der Waals surface area contributed by atoms with Gasteiger partial charge in [0.15, 0.2) is 0 Å². The monoisotopic (exact) mass is 257 g/mol. The first-order chi connectivity index (χ1) is 7.86. The summed E-state index contributed by atoms with van der Waals surface area (Å²) in [4.78, 5) is 0. The summed E-state index contributed by atoms with van der Waals surface area (Å²) in [7, 11) is 1.70. The number of rotatable bonds is 8. The molecule has 0 fully saturated rings. The second-order valence-corrected chi connectivity index (χ2v) is 3.41. The maximum absolute atomic E-state index is 5.39. The van der Waals surface area contributed by atoms with Crippen LogP contribution in [0.25, 0.3) is 0 Å². The van der Waals surface area contributed by atoms with Gasteiger partial charge in [-0.2, -0.15) is 0 Å². The molecule has 3 nitrogen and oxygen atoms in total. The molecule has 0 atom stereocenters. The molecule has 0 amide bonds. The third-order valence-electron chi connectivity index (χ3n) is 2.10. The van der Waals surface area contributed by atoms with Crippen LogP contribution in [-0.2, 0) is 11.3 Å². The number of hydrogen-bond donors (Lipinski definition) is 1. The number of nitrogens with one attached hydrogen (secondary N) is 1. The average Bonchev–Trinajstić information content (AvgIpc) is 2.33. The highest BCUT2D eigenvalue weighted by Crippen LogP contribution is 2.11. The van der Waals surface area contributed by atoms with Gasteiger partial charge in [0.1, 0.15) is 12.4 Å². The lowest BCUT2D eigenvalue weighted by molar-refractivity contribution is 0.199. The summed E-state index contributed by atoms with van der Waals surface area (Å²) in [5.74, 6) is 0.876. The predicted octanol–water partition coefficient (Wildman–Crippen LogP) is 2.41. The molecule has 1 aromatic rings. The van der Waals surface area contributed by atoms with E-state index in [1.807, 2.05) is 12.1 Å². The Kier molecular flexibility index (Phi) is 9.53. The van der Waals surface area contributed by atoms with Crippen molar-refractivity contribution in [2.24, 2.45) is 0 Å². The molecule has 96 valence electrons. The Bertz CT molecular complexity index is 301. The minimum Gasteiger partial charge on any atom is -0.490 e. The molecule has 0 aliphatic heterocycles. The van der Waals surface area contributed by atoms with Crippen LogP contribution in [-0.4, -0.2) is 26.9 Å². The molecule has 17 heavy (non-hydrogen) atoms. The third kappa shape index (κ3) is 7.00. The molecule has 0 heterocycles. The van der Waals surface area contributed by atoms with Crippen LogP contribution >= 0.6 is 12.4 Å². The molecule has 0 aliphatic rings. The number of ether oxygens (including phenoxy) is 2. The van der Waals surface area contributed by atoms with Crippen molar-refractivity contribution >= 4 is 12.4 Å². The first kappa shape index (κ1) is 16.0. The number of hydrogen-bond acceptors (Lipinski definition) is 3. The summed E-state index contributed by atoms with van der Waals surface area (Å²) in [6, 6.07) is 8.05. The number of halogens is 1. The van der Waals surface area contributed by atoms with Crippen molar-refractivity contribution in [2.75, 3.05) is 26.9 Å². The van der Waals surface area contributed by atoms with E-state index in [-0.39, 0.29) is 12.4 Å². The Hall–Kier alpha value is -1.03. The van der Waals surface area contributed by atoms with Gasteiger partial charge in [0.25, 0.3) is 0 Å². The molecule has 0 bridgehead atoms. The van der Waals surface area contributed by atoms with E-state index in [2.05, 4.69) is 24.0 Å². The molecule has 0 saturated heterocycles. The summed E-state index contributed by atoms with van der Waals surface area (Å²) in [5, 5.41) is 3.28. The highest BCUT2D eigenvalue weighted by atomic mass is 35.5. The predicted molar refractivity (Wildman–Crippen MR) is 73.0 cm³/mol. The molecule has 0 aliphatic carbocycles. The van der Waals surface area contributed by atoms with Gasteiger partial charge in [0.2, 0.25) is 0 Å². The summed E-state index contributed by atoms with van der Waals surface area (Å²) in [6.45, 7) is 6.61. The zero-order valence-electron chi connectivity index (χ0n) is 10.1. The second kappa shape index (κ2) is 10.1. The minimum absolute atomic E-state index is 0. The van der Waals surface area contributed by atoms with Gasteiger partial charge in [-0.25, -0.2) is 0 Å². The van der Waals surface area contributed by atoms with Crippen LogP contribution in [0.5, 0.6) is 5.75 Å². The van der Waals surface area contributed by atoms with E-state index in [1.54, 1.807) is 13.2 Å². The van der Waals surface area contributed by atoms with Crippen LogP contribution in [0.4, 0.5) is 0 Å².